The molecule has 0 aliphatic rings. The average Bonchev–Trinajstić information content (AvgIpc) is 2.38. The van der Waals surface area contributed by atoms with E-state index in [1.54, 1.807) is 13.1 Å². The lowest BCUT2D eigenvalue weighted by Gasteiger charge is -2.05. The fourth-order valence-corrected chi connectivity index (χ4v) is 1.55. The van der Waals surface area contributed by atoms with Crippen molar-refractivity contribution in [3.8, 4) is 11.3 Å². The van der Waals surface area contributed by atoms with Gasteiger partial charge in [-0.1, -0.05) is 12.1 Å². The van der Waals surface area contributed by atoms with Crippen molar-refractivity contribution in [1.29, 1.82) is 0 Å². The van der Waals surface area contributed by atoms with Gasteiger partial charge in [0.15, 0.2) is 0 Å². The number of hydrogen-bond acceptors (Lipinski definition) is 4. The third-order valence-corrected chi connectivity index (χ3v) is 2.40. The van der Waals surface area contributed by atoms with Gasteiger partial charge in [0.1, 0.15) is 11.6 Å². The van der Waals surface area contributed by atoms with Crippen LogP contribution in [0.3, 0.4) is 0 Å². The largest absolute Gasteiger partial charge is 0.373 e. The Morgan fingerprint density at radius 1 is 1.33 bits per heavy atom. The smallest absolute Gasteiger partial charge is 0.275 e. The summed E-state index contributed by atoms with van der Waals surface area (Å²) in [7, 11) is 1.61. The van der Waals surface area contributed by atoms with Crippen LogP contribution in [0.2, 0.25) is 0 Å². The van der Waals surface area contributed by atoms with Crippen LogP contribution >= 0.6 is 0 Å². The Hall–Kier alpha value is -2.50. The quantitative estimate of drug-likeness (QED) is 0.668. The molecular formula is C12H10FN3O2. The number of hydrogen-bond donors (Lipinski definition) is 1. The molecule has 1 heterocycles. The first-order valence-corrected chi connectivity index (χ1v) is 5.20. The van der Waals surface area contributed by atoms with E-state index in [4.69, 9.17) is 0 Å². The number of anilines is 1. The maximum Gasteiger partial charge on any atom is 0.275 e. The monoisotopic (exact) mass is 247 g/mol. The molecule has 0 aliphatic carbocycles. The van der Waals surface area contributed by atoms with Crippen LogP contribution in [0.4, 0.5) is 15.9 Å². The second-order valence-electron chi connectivity index (χ2n) is 3.61. The maximum absolute atomic E-state index is 13.1. The normalized spacial score (nSPS) is 10.1. The number of benzene rings is 1. The van der Waals surface area contributed by atoms with Gasteiger partial charge < -0.3 is 5.32 Å². The summed E-state index contributed by atoms with van der Waals surface area (Å²) in [5.74, 6) is -0.0460. The van der Waals surface area contributed by atoms with Gasteiger partial charge in [0.25, 0.3) is 5.69 Å². The first kappa shape index (κ1) is 12.0. The second kappa shape index (κ2) is 4.79. The van der Waals surface area contributed by atoms with Gasteiger partial charge in [0, 0.05) is 18.7 Å². The molecule has 92 valence electrons. The zero-order chi connectivity index (χ0) is 13.1. The van der Waals surface area contributed by atoms with E-state index in [9.17, 15) is 14.5 Å². The predicted octanol–water partition coefficient (Wildman–Crippen LogP) is 2.84. The van der Waals surface area contributed by atoms with E-state index in [0.717, 1.165) is 0 Å². The topological polar surface area (TPSA) is 68.1 Å². The van der Waals surface area contributed by atoms with E-state index in [2.05, 4.69) is 10.3 Å². The Morgan fingerprint density at radius 2 is 2.11 bits per heavy atom. The van der Waals surface area contributed by atoms with Crippen LogP contribution in [0.25, 0.3) is 11.3 Å². The van der Waals surface area contributed by atoms with Gasteiger partial charge >= 0.3 is 0 Å². The third-order valence-electron chi connectivity index (χ3n) is 2.40. The summed E-state index contributed by atoms with van der Waals surface area (Å²) >= 11 is 0. The van der Waals surface area contributed by atoms with E-state index < -0.39 is 10.7 Å². The summed E-state index contributed by atoms with van der Waals surface area (Å²) in [5.41, 5.74) is 0.761. The lowest BCUT2D eigenvalue weighted by Crippen LogP contribution is -1.97. The predicted molar refractivity (Wildman–Crippen MR) is 65.8 cm³/mol. The highest BCUT2D eigenvalue weighted by atomic mass is 19.1. The molecule has 0 radical (unpaired) electrons. The molecule has 1 aromatic heterocycles. The number of halogens is 1. The Bertz CT molecular complexity index is 602. The highest BCUT2D eigenvalue weighted by molar-refractivity contribution is 5.65. The van der Waals surface area contributed by atoms with Crippen molar-refractivity contribution in [3.63, 3.8) is 0 Å². The van der Waals surface area contributed by atoms with Crippen LogP contribution in [0.5, 0.6) is 0 Å². The van der Waals surface area contributed by atoms with Gasteiger partial charge in [-0.05, 0) is 12.1 Å². The zero-order valence-electron chi connectivity index (χ0n) is 9.55. The summed E-state index contributed by atoms with van der Waals surface area (Å²) in [4.78, 5) is 14.5. The Labute approximate surface area is 102 Å². The molecule has 0 aliphatic heterocycles. The molecule has 0 atom stereocenters. The molecule has 0 fully saturated rings. The van der Waals surface area contributed by atoms with Gasteiger partial charge in [-0.3, -0.25) is 10.1 Å². The summed E-state index contributed by atoms with van der Waals surface area (Å²) in [5, 5.41) is 13.5. The van der Waals surface area contributed by atoms with Crippen molar-refractivity contribution in [3.05, 3.63) is 52.3 Å². The lowest BCUT2D eigenvalue weighted by atomic mass is 10.1. The van der Waals surface area contributed by atoms with Crippen molar-refractivity contribution in [2.75, 3.05) is 12.4 Å². The lowest BCUT2D eigenvalue weighted by molar-refractivity contribution is -0.384. The van der Waals surface area contributed by atoms with Crippen molar-refractivity contribution in [2.24, 2.45) is 0 Å². The number of rotatable bonds is 3. The summed E-state index contributed by atoms with van der Waals surface area (Å²) in [6.45, 7) is 0. The first-order chi connectivity index (χ1) is 8.60. The van der Waals surface area contributed by atoms with Crippen LogP contribution in [0, 0.1) is 15.9 Å². The van der Waals surface area contributed by atoms with Crippen molar-refractivity contribution in [2.45, 2.75) is 0 Å². The van der Waals surface area contributed by atoms with Gasteiger partial charge in [-0.2, -0.15) is 0 Å². The molecule has 2 rings (SSSR count). The second-order valence-corrected chi connectivity index (χ2v) is 3.61. The van der Waals surface area contributed by atoms with Crippen LogP contribution in [0.1, 0.15) is 0 Å². The number of pyridine rings is 1. The zero-order valence-corrected chi connectivity index (χ0v) is 9.55. The molecule has 0 bridgehead atoms. The summed E-state index contributed by atoms with van der Waals surface area (Å²) in [6, 6.07) is 8.41. The highest BCUT2D eigenvalue weighted by Gasteiger charge is 2.12. The minimum Gasteiger partial charge on any atom is -0.373 e. The van der Waals surface area contributed by atoms with Crippen LogP contribution in [-0.2, 0) is 0 Å². The average molecular weight is 247 g/mol. The van der Waals surface area contributed by atoms with Crippen molar-refractivity contribution >= 4 is 11.5 Å². The maximum atomic E-state index is 13.1. The highest BCUT2D eigenvalue weighted by Crippen LogP contribution is 2.25. The van der Waals surface area contributed by atoms with Crippen molar-refractivity contribution in [1.82, 2.24) is 4.98 Å². The van der Waals surface area contributed by atoms with Gasteiger partial charge in [-0.25, -0.2) is 9.37 Å². The Kier molecular flexibility index (Phi) is 3.18. The van der Waals surface area contributed by atoms with Gasteiger partial charge in [0.05, 0.1) is 16.7 Å². The van der Waals surface area contributed by atoms with E-state index >= 15 is 0 Å². The minimum atomic E-state index is -0.509. The van der Waals surface area contributed by atoms with Crippen LogP contribution in [-0.4, -0.2) is 17.0 Å². The van der Waals surface area contributed by atoms with E-state index in [1.165, 1.54) is 30.3 Å². The minimum absolute atomic E-state index is 0.0892. The molecule has 0 saturated heterocycles. The number of nitrogens with zero attached hydrogens (tertiary/aromatic N) is 2. The van der Waals surface area contributed by atoms with E-state index in [0.29, 0.717) is 17.1 Å². The number of nitrogens with one attached hydrogen (secondary N) is 1. The standard InChI is InChI=1S/C12H10FN3O2/c1-14-12-7-10(16(17)18)6-11(15-12)8-3-2-4-9(13)5-8/h2-7H,1H3,(H,14,15). The summed E-state index contributed by atoms with van der Waals surface area (Å²) < 4.78 is 13.1. The first-order valence-electron chi connectivity index (χ1n) is 5.20. The third kappa shape index (κ3) is 2.42. The molecule has 6 heteroatoms. The molecule has 0 saturated carbocycles. The molecule has 5 nitrogen and oxygen atoms in total. The van der Waals surface area contributed by atoms with Crippen molar-refractivity contribution < 1.29 is 9.31 Å². The SMILES string of the molecule is CNc1cc([N+](=O)[O-])cc(-c2cccc(F)c2)n1. The fourth-order valence-electron chi connectivity index (χ4n) is 1.55. The summed E-state index contributed by atoms with van der Waals surface area (Å²) in [6.07, 6.45) is 0. The van der Waals surface area contributed by atoms with E-state index in [1.807, 2.05) is 0 Å². The van der Waals surface area contributed by atoms with Crippen LogP contribution < -0.4 is 5.32 Å². The molecule has 0 spiro atoms. The van der Waals surface area contributed by atoms with Gasteiger partial charge in [0.2, 0.25) is 0 Å². The molecule has 0 amide bonds. The molecule has 2 aromatic rings. The number of aromatic nitrogens is 1. The molecule has 18 heavy (non-hydrogen) atoms. The molecule has 1 N–H and O–H groups in total. The molecular weight excluding hydrogens is 237 g/mol. The Morgan fingerprint density at radius 3 is 2.72 bits per heavy atom. The molecule has 0 unspecified atom stereocenters. The van der Waals surface area contributed by atoms with E-state index in [-0.39, 0.29) is 5.69 Å². The Balaban J connectivity index is 2.56. The van der Waals surface area contributed by atoms with Crippen LogP contribution in [0.15, 0.2) is 36.4 Å². The molecule has 1 aromatic carbocycles. The van der Waals surface area contributed by atoms with Gasteiger partial charge in [-0.15, -0.1) is 0 Å². The number of nitro groups is 1. The fraction of sp³-hybridized carbons (Fsp3) is 0.0833.